The molecular formula is C10H11N3O. The predicted octanol–water partition coefficient (Wildman–Crippen LogP) is 0.975. The highest BCUT2D eigenvalue weighted by molar-refractivity contribution is 5.74. The van der Waals surface area contributed by atoms with Gasteiger partial charge in [-0.05, 0) is 12.1 Å². The topological polar surface area (TPSA) is 55.3 Å². The molecule has 14 heavy (non-hydrogen) atoms. The van der Waals surface area contributed by atoms with E-state index in [0.717, 1.165) is 24.2 Å². The van der Waals surface area contributed by atoms with Gasteiger partial charge in [-0.1, -0.05) is 12.1 Å². The highest BCUT2D eigenvalue weighted by atomic mass is 16.4. The lowest BCUT2D eigenvalue weighted by atomic mass is 10.1. The predicted molar refractivity (Wildman–Crippen MR) is 54.2 cm³/mol. The second kappa shape index (κ2) is 2.72. The van der Waals surface area contributed by atoms with Gasteiger partial charge in [0, 0.05) is 19.1 Å². The molecule has 72 valence electrons. The molecule has 1 aromatic heterocycles. The maximum absolute atomic E-state index is 5.69. The van der Waals surface area contributed by atoms with E-state index in [1.807, 2.05) is 29.2 Å². The van der Waals surface area contributed by atoms with Crippen molar-refractivity contribution >= 4 is 17.1 Å². The van der Waals surface area contributed by atoms with Crippen LogP contribution in [0.3, 0.4) is 0 Å². The zero-order valence-electron chi connectivity index (χ0n) is 7.68. The number of anilines is 1. The lowest BCUT2D eigenvalue weighted by Gasteiger charge is -2.35. The third-order valence-electron chi connectivity index (χ3n) is 2.46. The minimum absolute atomic E-state index is 0.269. The van der Waals surface area contributed by atoms with Gasteiger partial charge < -0.3 is 15.1 Å². The molecule has 1 fully saturated rings. The van der Waals surface area contributed by atoms with Crippen molar-refractivity contribution in [2.45, 2.75) is 6.04 Å². The number of oxazole rings is 1. The van der Waals surface area contributed by atoms with Crippen molar-refractivity contribution in [3.8, 4) is 0 Å². The van der Waals surface area contributed by atoms with E-state index in [1.165, 1.54) is 0 Å². The summed E-state index contributed by atoms with van der Waals surface area (Å²) in [5.41, 5.74) is 7.43. The molecule has 1 saturated heterocycles. The number of para-hydroxylation sites is 2. The van der Waals surface area contributed by atoms with Crippen molar-refractivity contribution in [2.24, 2.45) is 5.73 Å². The lowest BCUT2D eigenvalue weighted by molar-refractivity contribution is 0.460. The van der Waals surface area contributed by atoms with Crippen molar-refractivity contribution in [3.05, 3.63) is 24.3 Å². The fourth-order valence-electron chi connectivity index (χ4n) is 1.66. The van der Waals surface area contributed by atoms with Gasteiger partial charge in [-0.2, -0.15) is 4.98 Å². The molecule has 1 aliphatic rings. The van der Waals surface area contributed by atoms with Gasteiger partial charge in [0.2, 0.25) is 0 Å². The first-order chi connectivity index (χ1) is 6.83. The molecule has 0 unspecified atom stereocenters. The summed E-state index contributed by atoms with van der Waals surface area (Å²) in [7, 11) is 0. The summed E-state index contributed by atoms with van der Waals surface area (Å²) in [5, 5.41) is 0. The number of rotatable bonds is 1. The number of nitrogens with two attached hydrogens (primary N) is 1. The van der Waals surface area contributed by atoms with E-state index < -0.39 is 0 Å². The van der Waals surface area contributed by atoms with Crippen LogP contribution in [-0.2, 0) is 0 Å². The van der Waals surface area contributed by atoms with E-state index in [0.29, 0.717) is 6.01 Å². The van der Waals surface area contributed by atoms with Gasteiger partial charge in [0.1, 0.15) is 5.52 Å². The van der Waals surface area contributed by atoms with E-state index in [-0.39, 0.29) is 6.04 Å². The molecule has 2 aromatic rings. The second-order valence-electron chi connectivity index (χ2n) is 3.63. The van der Waals surface area contributed by atoms with Crippen LogP contribution in [0.25, 0.3) is 11.1 Å². The Morgan fingerprint density at radius 1 is 1.36 bits per heavy atom. The number of fused-ring (bicyclic) bond motifs is 1. The van der Waals surface area contributed by atoms with Crippen molar-refractivity contribution in [1.82, 2.24) is 4.98 Å². The number of benzene rings is 1. The van der Waals surface area contributed by atoms with Gasteiger partial charge in [0.25, 0.3) is 6.01 Å². The Kier molecular flexibility index (Phi) is 1.52. The first kappa shape index (κ1) is 7.82. The van der Waals surface area contributed by atoms with E-state index in [4.69, 9.17) is 10.2 Å². The van der Waals surface area contributed by atoms with E-state index in [2.05, 4.69) is 4.98 Å². The van der Waals surface area contributed by atoms with Crippen LogP contribution in [0.5, 0.6) is 0 Å². The average molecular weight is 189 g/mol. The SMILES string of the molecule is NC1CN(c2nc3ccccc3o2)C1. The van der Waals surface area contributed by atoms with Crippen molar-refractivity contribution in [1.29, 1.82) is 0 Å². The Bertz CT molecular complexity index is 426. The number of hydrogen-bond donors (Lipinski definition) is 1. The van der Waals surface area contributed by atoms with E-state index in [1.54, 1.807) is 0 Å². The Balaban J connectivity index is 1.99. The van der Waals surface area contributed by atoms with E-state index in [9.17, 15) is 0 Å². The molecule has 0 saturated carbocycles. The maximum atomic E-state index is 5.69. The number of hydrogen-bond acceptors (Lipinski definition) is 4. The molecule has 2 heterocycles. The summed E-state index contributed by atoms with van der Waals surface area (Å²) < 4.78 is 5.58. The third-order valence-corrected chi connectivity index (χ3v) is 2.46. The highest BCUT2D eigenvalue weighted by Crippen LogP contribution is 2.24. The molecule has 0 radical (unpaired) electrons. The van der Waals surface area contributed by atoms with Gasteiger partial charge in [-0.3, -0.25) is 0 Å². The summed E-state index contributed by atoms with van der Waals surface area (Å²) in [5.74, 6) is 0. The minimum atomic E-state index is 0.269. The van der Waals surface area contributed by atoms with Crippen molar-refractivity contribution in [2.75, 3.05) is 18.0 Å². The van der Waals surface area contributed by atoms with Crippen LogP contribution >= 0.6 is 0 Å². The molecular weight excluding hydrogens is 178 g/mol. The fourth-order valence-corrected chi connectivity index (χ4v) is 1.66. The Morgan fingerprint density at radius 2 is 2.14 bits per heavy atom. The zero-order chi connectivity index (χ0) is 9.54. The number of nitrogens with zero attached hydrogens (tertiary/aromatic N) is 2. The molecule has 4 heteroatoms. The monoisotopic (exact) mass is 189 g/mol. The molecule has 0 amide bonds. The molecule has 0 spiro atoms. The summed E-state index contributed by atoms with van der Waals surface area (Å²) >= 11 is 0. The van der Waals surface area contributed by atoms with Gasteiger partial charge in [-0.25, -0.2) is 0 Å². The summed E-state index contributed by atoms with van der Waals surface area (Å²) in [6.07, 6.45) is 0. The summed E-state index contributed by atoms with van der Waals surface area (Å²) in [6.45, 7) is 1.68. The first-order valence-electron chi connectivity index (χ1n) is 4.69. The molecule has 0 bridgehead atoms. The molecule has 3 rings (SSSR count). The Labute approximate surface area is 81.3 Å². The van der Waals surface area contributed by atoms with Crippen LogP contribution in [0, 0.1) is 0 Å². The molecule has 2 N–H and O–H groups in total. The second-order valence-corrected chi connectivity index (χ2v) is 3.63. The molecule has 1 aromatic carbocycles. The van der Waals surface area contributed by atoms with Gasteiger partial charge >= 0.3 is 0 Å². The molecule has 0 aliphatic carbocycles. The smallest absolute Gasteiger partial charge is 0.298 e. The zero-order valence-corrected chi connectivity index (χ0v) is 7.68. The lowest BCUT2D eigenvalue weighted by Crippen LogP contribution is -2.56. The van der Waals surface area contributed by atoms with Crippen LogP contribution in [0.1, 0.15) is 0 Å². The van der Waals surface area contributed by atoms with Crippen LogP contribution in [-0.4, -0.2) is 24.1 Å². The average Bonchev–Trinajstić information content (AvgIpc) is 2.55. The van der Waals surface area contributed by atoms with Crippen molar-refractivity contribution < 1.29 is 4.42 Å². The Hall–Kier alpha value is -1.55. The van der Waals surface area contributed by atoms with E-state index >= 15 is 0 Å². The Morgan fingerprint density at radius 3 is 2.86 bits per heavy atom. The van der Waals surface area contributed by atoms with Crippen LogP contribution in [0.4, 0.5) is 6.01 Å². The number of aromatic nitrogens is 1. The normalized spacial score (nSPS) is 17.4. The maximum Gasteiger partial charge on any atom is 0.298 e. The van der Waals surface area contributed by atoms with Crippen LogP contribution in [0.2, 0.25) is 0 Å². The van der Waals surface area contributed by atoms with Gasteiger partial charge in [0.15, 0.2) is 5.58 Å². The quantitative estimate of drug-likeness (QED) is 0.726. The van der Waals surface area contributed by atoms with Crippen molar-refractivity contribution in [3.63, 3.8) is 0 Å². The van der Waals surface area contributed by atoms with Gasteiger partial charge in [-0.15, -0.1) is 0 Å². The van der Waals surface area contributed by atoms with Crippen LogP contribution < -0.4 is 10.6 Å². The minimum Gasteiger partial charge on any atom is -0.423 e. The molecule has 4 nitrogen and oxygen atoms in total. The fraction of sp³-hybridized carbons (Fsp3) is 0.300. The summed E-state index contributed by atoms with van der Waals surface area (Å²) in [4.78, 5) is 6.42. The highest BCUT2D eigenvalue weighted by Gasteiger charge is 2.26. The third kappa shape index (κ3) is 1.08. The van der Waals surface area contributed by atoms with Gasteiger partial charge in [0.05, 0.1) is 0 Å². The summed E-state index contributed by atoms with van der Waals surface area (Å²) in [6, 6.07) is 8.72. The van der Waals surface area contributed by atoms with Crippen LogP contribution in [0.15, 0.2) is 28.7 Å². The first-order valence-corrected chi connectivity index (χ1v) is 4.69. The molecule has 1 aliphatic heterocycles. The largest absolute Gasteiger partial charge is 0.423 e. The standard InChI is InChI=1S/C10H11N3O/c11-7-5-13(6-7)10-12-8-3-1-2-4-9(8)14-10/h1-4,7H,5-6,11H2. The molecule has 0 atom stereocenters.